The van der Waals surface area contributed by atoms with Crippen molar-refractivity contribution < 1.29 is 4.39 Å². The number of aromatic nitrogens is 4. The van der Waals surface area contributed by atoms with Gasteiger partial charge in [-0.2, -0.15) is 10.1 Å². The lowest BCUT2D eigenvalue weighted by molar-refractivity contribution is 0.628. The highest BCUT2D eigenvalue weighted by molar-refractivity contribution is 6.31. The van der Waals surface area contributed by atoms with E-state index >= 15 is 0 Å². The molecule has 0 aliphatic heterocycles. The molecule has 26 heavy (non-hydrogen) atoms. The van der Waals surface area contributed by atoms with Gasteiger partial charge in [0.05, 0.1) is 22.4 Å². The van der Waals surface area contributed by atoms with E-state index in [1.807, 2.05) is 30.3 Å². The van der Waals surface area contributed by atoms with E-state index in [2.05, 4.69) is 30.8 Å². The molecule has 8 heteroatoms. The molecule has 4 rings (SSSR count). The molecule has 128 valence electrons. The number of nitrogens with one attached hydrogen (secondary N) is 2. The van der Waals surface area contributed by atoms with Gasteiger partial charge < -0.3 is 10.6 Å². The molecule has 2 aromatic heterocycles. The summed E-state index contributed by atoms with van der Waals surface area (Å²) in [5.74, 6) is 0.267. The monoisotopic (exact) mass is 366 g/mol. The van der Waals surface area contributed by atoms with Crippen molar-refractivity contribution in [1.29, 1.82) is 0 Å². The van der Waals surface area contributed by atoms with Crippen molar-refractivity contribution in [3.05, 3.63) is 71.8 Å². The Hall–Kier alpha value is -3.32. The predicted octanol–water partition coefficient (Wildman–Crippen LogP) is 4.70. The summed E-state index contributed by atoms with van der Waals surface area (Å²) in [7, 11) is 0. The molecule has 2 aromatic carbocycles. The lowest BCUT2D eigenvalue weighted by atomic mass is 10.2. The Bertz CT molecular complexity index is 1080. The van der Waals surface area contributed by atoms with Gasteiger partial charge in [-0.05, 0) is 30.3 Å². The standard InChI is InChI=1S/C18H12ClFN6/c19-13-9-12(6-7-14(13)20)23-16-10-22-26-18(25-16)24-15-5-1-3-11-4-2-8-21-17(11)15/h1-10H,(H2,23,24,25,26). The number of benzene rings is 2. The first-order valence-electron chi connectivity index (χ1n) is 7.71. The van der Waals surface area contributed by atoms with Crippen LogP contribution in [0.5, 0.6) is 0 Å². The summed E-state index contributed by atoms with van der Waals surface area (Å²) in [4.78, 5) is 8.74. The van der Waals surface area contributed by atoms with Crippen molar-refractivity contribution >= 4 is 45.6 Å². The van der Waals surface area contributed by atoms with Gasteiger partial charge in [-0.1, -0.05) is 29.8 Å². The molecule has 6 nitrogen and oxygen atoms in total. The molecule has 0 spiro atoms. The first-order valence-corrected chi connectivity index (χ1v) is 8.09. The normalized spacial score (nSPS) is 10.7. The summed E-state index contributed by atoms with van der Waals surface area (Å²) in [6.07, 6.45) is 3.19. The second-order valence-electron chi connectivity index (χ2n) is 5.42. The highest BCUT2D eigenvalue weighted by Crippen LogP contribution is 2.24. The molecule has 2 N–H and O–H groups in total. The van der Waals surface area contributed by atoms with Crippen LogP contribution in [0.25, 0.3) is 10.9 Å². The molecule has 4 aromatic rings. The van der Waals surface area contributed by atoms with Crippen LogP contribution < -0.4 is 10.6 Å². The minimum Gasteiger partial charge on any atom is -0.339 e. The number of pyridine rings is 1. The van der Waals surface area contributed by atoms with Crippen molar-refractivity contribution in [3.63, 3.8) is 0 Å². The Kier molecular flexibility index (Phi) is 4.28. The van der Waals surface area contributed by atoms with E-state index in [0.717, 1.165) is 16.6 Å². The second-order valence-corrected chi connectivity index (χ2v) is 5.83. The minimum atomic E-state index is -0.483. The average molecular weight is 367 g/mol. The van der Waals surface area contributed by atoms with Crippen LogP contribution in [0, 0.1) is 5.82 Å². The van der Waals surface area contributed by atoms with E-state index < -0.39 is 5.82 Å². The van der Waals surface area contributed by atoms with Gasteiger partial charge >= 0.3 is 0 Å². The third-order valence-corrected chi connectivity index (χ3v) is 3.92. The minimum absolute atomic E-state index is 0.0252. The molecule has 0 unspecified atom stereocenters. The number of anilines is 4. The Morgan fingerprint density at radius 2 is 1.88 bits per heavy atom. The maximum atomic E-state index is 13.3. The third kappa shape index (κ3) is 3.38. The maximum Gasteiger partial charge on any atom is 0.249 e. The van der Waals surface area contributed by atoms with Crippen LogP contribution in [0.2, 0.25) is 5.02 Å². The number of fused-ring (bicyclic) bond motifs is 1. The lowest BCUT2D eigenvalue weighted by Crippen LogP contribution is -2.03. The molecular formula is C18H12ClFN6. The molecule has 0 saturated heterocycles. The summed E-state index contributed by atoms with van der Waals surface area (Å²) in [6.45, 7) is 0. The van der Waals surface area contributed by atoms with E-state index in [1.165, 1.54) is 18.3 Å². The summed E-state index contributed by atoms with van der Waals surface area (Å²) < 4.78 is 13.3. The molecule has 0 fully saturated rings. The smallest absolute Gasteiger partial charge is 0.249 e. The molecule has 0 aliphatic carbocycles. The van der Waals surface area contributed by atoms with Gasteiger partial charge in [0.2, 0.25) is 5.95 Å². The fourth-order valence-electron chi connectivity index (χ4n) is 2.46. The molecule has 2 heterocycles. The van der Waals surface area contributed by atoms with Crippen LogP contribution in [0.3, 0.4) is 0 Å². The van der Waals surface area contributed by atoms with Crippen LogP contribution in [0.1, 0.15) is 0 Å². The van der Waals surface area contributed by atoms with E-state index in [-0.39, 0.29) is 5.02 Å². The van der Waals surface area contributed by atoms with Gasteiger partial charge in [-0.25, -0.2) is 4.39 Å². The van der Waals surface area contributed by atoms with E-state index in [4.69, 9.17) is 11.6 Å². The Balaban J connectivity index is 1.60. The van der Waals surface area contributed by atoms with Crippen LogP contribution >= 0.6 is 11.6 Å². The van der Waals surface area contributed by atoms with Crippen LogP contribution in [-0.2, 0) is 0 Å². The molecule has 0 radical (unpaired) electrons. The van der Waals surface area contributed by atoms with Gasteiger partial charge in [-0.15, -0.1) is 5.10 Å². The van der Waals surface area contributed by atoms with E-state index in [0.29, 0.717) is 17.5 Å². The third-order valence-electron chi connectivity index (χ3n) is 3.63. The predicted molar refractivity (Wildman–Crippen MR) is 99.5 cm³/mol. The maximum absolute atomic E-state index is 13.3. The van der Waals surface area contributed by atoms with Crippen molar-refractivity contribution in [3.8, 4) is 0 Å². The SMILES string of the molecule is Fc1ccc(Nc2cnnc(Nc3cccc4cccnc34)n2)cc1Cl. The Morgan fingerprint density at radius 3 is 2.77 bits per heavy atom. The zero-order valence-corrected chi connectivity index (χ0v) is 14.1. The van der Waals surface area contributed by atoms with Gasteiger partial charge in [0.25, 0.3) is 0 Å². The fraction of sp³-hybridized carbons (Fsp3) is 0. The molecule has 0 amide bonds. The van der Waals surface area contributed by atoms with E-state index in [1.54, 1.807) is 12.3 Å². The summed E-state index contributed by atoms with van der Waals surface area (Å²) in [5.41, 5.74) is 2.17. The molecule has 0 aliphatic rings. The van der Waals surface area contributed by atoms with Gasteiger partial charge in [0, 0.05) is 17.3 Å². The number of para-hydroxylation sites is 1. The summed E-state index contributed by atoms with van der Waals surface area (Å²) in [6, 6.07) is 13.9. The second kappa shape index (κ2) is 6.89. The number of rotatable bonds is 4. The lowest BCUT2D eigenvalue weighted by Gasteiger charge is -2.09. The van der Waals surface area contributed by atoms with Gasteiger partial charge in [0.15, 0.2) is 5.82 Å². The van der Waals surface area contributed by atoms with E-state index in [9.17, 15) is 4.39 Å². The molecule has 0 atom stereocenters. The van der Waals surface area contributed by atoms with Gasteiger partial charge in [0.1, 0.15) is 5.82 Å². The van der Waals surface area contributed by atoms with Crippen molar-refractivity contribution in [2.24, 2.45) is 0 Å². The summed E-state index contributed by atoms with van der Waals surface area (Å²) in [5, 5.41) is 15.1. The molecular weight excluding hydrogens is 355 g/mol. The van der Waals surface area contributed by atoms with Crippen LogP contribution in [-0.4, -0.2) is 20.2 Å². The zero-order valence-electron chi connectivity index (χ0n) is 13.3. The Morgan fingerprint density at radius 1 is 1.00 bits per heavy atom. The number of hydrogen-bond acceptors (Lipinski definition) is 6. The summed E-state index contributed by atoms with van der Waals surface area (Å²) >= 11 is 5.79. The first-order chi connectivity index (χ1) is 12.7. The quantitative estimate of drug-likeness (QED) is 0.545. The van der Waals surface area contributed by atoms with Gasteiger partial charge in [-0.3, -0.25) is 4.98 Å². The highest BCUT2D eigenvalue weighted by atomic mass is 35.5. The number of hydrogen-bond donors (Lipinski definition) is 2. The molecule has 0 saturated carbocycles. The zero-order chi connectivity index (χ0) is 17.9. The largest absolute Gasteiger partial charge is 0.339 e. The fourth-order valence-corrected chi connectivity index (χ4v) is 2.64. The van der Waals surface area contributed by atoms with Crippen LogP contribution in [0.4, 0.5) is 27.5 Å². The first kappa shape index (κ1) is 16.2. The highest BCUT2D eigenvalue weighted by Gasteiger charge is 2.07. The Labute approximate surface area is 153 Å². The topological polar surface area (TPSA) is 75.6 Å². The van der Waals surface area contributed by atoms with Crippen molar-refractivity contribution in [1.82, 2.24) is 20.2 Å². The van der Waals surface area contributed by atoms with Crippen LogP contribution in [0.15, 0.2) is 60.9 Å². The average Bonchev–Trinajstić information content (AvgIpc) is 2.65. The van der Waals surface area contributed by atoms with Crippen molar-refractivity contribution in [2.45, 2.75) is 0 Å². The molecule has 0 bridgehead atoms. The number of nitrogens with zero attached hydrogens (tertiary/aromatic N) is 4. The van der Waals surface area contributed by atoms with Crippen molar-refractivity contribution in [2.75, 3.05) is 10.6 Å². The number of halogens is 2.